The molecule has 3 aromatic carbocycles. The van der Waals surface area contributed by atoms with Crippen molar-refractivity contribution in [3.05, 3.63) is 78.2 Å². The molecule has 0 bridgehead atoms. The van der Waals surface area contributed by atoms with Crippen LogP contribution in [0.2, 0.25) is 20.1 Å². The summed E-state index contributed by atoms with van der Waals surface area (Å²) in [5.74, 6) is -3.63. The highest BCUT2D eigenvalue weighted by molar-refractivity contribution is 6.39. The van der Waals surface area contributed by atoms with E-state index in [-0.39, 0.29) is 65.3 Å². The standard InChI is InChI=1S/C31H24Cl4O9/c1-29(2,3)27(39)42-20-10-18-13(8-15(20)32)31(23-22(26(38)44-31)17(34)7-12(24(23)35)25(36)37)14-9-16(33)21(11-19(14)41-18)43-28(40)30(4,5)6/h7-11H,1-6H3,(H,36,37). The maximum atomic E-state index is 13.5. The number of rotatable bonds is 3. The molecular weight excluding hydrogens is 658 g/mol. The molecule has 3 aromatic rings. The lowest BCUT2D eigenvalue weighted by atomic mass is 9.77. The lowest BCUT2D eigenvalue weighted by molar-refractivity contribution is -0.143. The average molecular weight is 682 g/mol. The molecule has 0 unspecified atom stereocenters. The molecule has 0 atom stereocenters. The third-order valence-corrected chi connectivity index (χ3v) is 8.21. The minimum Gasteiger partial charge on any atom is -0.478 e. The second-order valence-electron chi connectivity index (χ2n) is 12.3. The first-order valence-corrected chi connectivity index (χ1v) is 14.6. The summed E-state index contributed by atoms with van der Waals surface area (Å²) in [6, 6.07) is 6.41. The number of esters is 3. The van der Waals surface area contributed by atoms with Crippen LogP contribution in [0, 0.1) is 10.8 Å². The normalized spacial score (nSPS) is 14.6. The predicted octanol–water partition coefficient (Wildman–Crippen LogP) is 8.47. The van der Waals surface area contributed by atoms with Crippen LogP contribution in [0.25, 0.3) is 0 Å². The van der Waals surface area contributed by atoms with Crippen molar-refractivity contribution in [2.75, 3.05) is 0 Å². The van der Waals surface area contributed by atoms with Crippen molar-refractivity contribution in [3.63, 3.8) is 0 Å². The number of halogens is 4. The van der Waals surface area contributed by atoms with Crippen LogP contribution < -0.4 is 14.2 Å². The number of ether oxygens (including phenoxy) is 4. The zero-order valence-corrected chi connectivity index (χ0v) is 27.1. The molecule has 2 heterocycles. The molecule has 230 valence electrons. The van der Waals surface area contributed by atoms with Gasteiger partial charge in [0.1, 0.15) is 11.5 Å². The van der Waals surface area contributed by atoms with Gasteiger partial charge in [0.05, 0.1) is 42.0 Å². The Balaban J connectivity index is 1.84. The van der Waals surface area contributed by atoms with Crippen molar-refractivity contribution in [3.8, 4) is 23.0 Å². The molecule has 1 spiro atoms. The van der Waals surface area contributed by atoms with Gasteiger partial charge in [-0.15, -0.1) is 0 Å². The van der Waals surface area contributed by atoms with Gasteiger partial charge in [-0.2, -0.15) is 0 Å². The largest absolute Gasteiger partial charge is 0.478 e. The second-order valence-corrected chi connectivity index (χ2v) is 13.9. The molecule has 0 fully saturated rings. The number of hydrogen-bond donors (Lipinski definition) is 1. The summed E-state index contributed by atoms with van der Waals surface area (Å²) in [5.41, 5.74) is -4.21. The number of carboxylic acids is 1. The lowest BCUT2D eigenvalue weighted by Gasteiger charge is -2.37. The van der Waals surface area contributed by atoms with E-state index < -0.39 is 45.9 Å². The summed E-state index contributed by atoms with van der Waals surface area (Å²) < 4.78 is 23.4. The Kier molecular flexibility index (Phi) is 7.65. The highest BCUT2D eigenvalue weighted by atomic mass is 35.5. The molecule has 9 nitrogen and oxygen atoms in total. The van der Waals surface area contributed by atoms with E-state index in [1.165, 1.54) is 24.3 Å². The molecule has 2 aliphatic heterocycles. The van der Waals surface area contributed by atoms with E-state index in [2.05, 4.69) is 0 Å². The second kappa shape index (κ2) is 10.5. The quantitative estimate of drug-likeness (QED) is 0.214. The van der Waals surface area contributed by atoms with Crippen LogP contribution in [0.15, 0.2) is 30.3 Å². The number of aromatic carboxylic acids is 1. The fraction of sp³-hybridized carbons (Fsp3) is 0.290. The van der Waals surface area contributed by atoms with E-state index in [1.807, 2.05) is 0 Å². The summed E-state index contributed by atoms with van der Waals surface area (Å²) in [5, 5.41) is 9.22. The highest BCUT2D eigenvalue weighted by Crippen LogP contribution is 2.61. The van der Waals surface area contributed by atoms with Crippen LogP contribution >= 0.6 is 46.4 Å². The van der Waals surface area contributed by atoms with Crippen molar-refractivity contribution in [1.29, 1.82) is 0 Å². The summed E-state index contributed by atoms with van der Waals surface area (Å²) in [4.78, 5) is 51.1. The van der Waals surface area contributed by atoms with Crippen molar-refractivity contribution in [1.82, 2.24) is 0 Å². The van der Waals surface area contributed by atoms with E-state index in [4.69, 9.17) is 65.4 Å². The molecular formula is C31H24Cl4O9. The molecule has 2 aliphatic rings. The van der Waals surface area contributed by atoms with E-state index in [9.17, 15) is 24.3 Å². The molecule has 0 saturated carbocycles. The van der Waals surface area contributed by atoms with Crippen LogP contribution in [0.1, 0.15) is 78.9 Å². The minimum absolute atomic E-state index is 0.00240. The molecule has 0 aliphatic carbocycles. The maximum Gasteiger partial charge on any atom is 0.341 e. The molecule has 1 N–H and O–H groups in total. The Morgan fingerprint density at radius 1 is 0.750 bits per heavy atom. The highest BCUT2D eigenvalue weighted by Gasteiger charge is 2.57. The van der Waals surface area contributed by atoms with Crippen molar-refractivity contribution in [2.45, 2.75) is 47.1 Å². The Hall–Kier alpha value is -3.50. The first-order chi connectivity index (χ1) is 20.3. The van der Waals surface area contributed by atoms with Gasteiger partial charge < -0.3 is 24.1 Å². The van der Waals surface area contributed by atoms with E-state index >= 15 is 0 Å². The Bertz CT molecular complexity index is 1730. The van der Waals surface area contributed by atoms with Crippen LogP contribution in [-0.4, -0.2) is 29.0 Å². The van der Waals surface area contributed by atoms with Crippen LogP contribution in [0.4, 0.5) is 0 Å². The Labute approximate surface area is 271 Å². The summed E-state index contributed by atoms with van der Waals surface area (Å²) in [6.45, 7) is 9.97. The van der Waals surface area contributed by atoms with Gasteiger partial charge in [0, 0.05) is 28.8 Å². The third-order valence-electron chi connectivity index (χ3n) is 6.92. The van der Waals surface area contributed by atoms with Crippen molar-refractivity contribution < 1.29 is 43.2 Å². The van der Waals surface area contributed by atoms with Gasteiger partial charge >= 0.3 is 23.9 Å². The SMILES string of the molecule is CC(C)(C)C(=O)Oc1cc2c(cc1Cl)C1(OC(=O)c3c(Cl)cc(C(=O)O)c(Cl)c31)c1cc(Cl)c(OC(=O)C(C)(C)C)cc1O2. The number of carbonyl (C=O) groups excluding carboxylic acids is 3. The lowest BCUT2D eigenvalue weighted by Crippen LogP contribution is -2.34. The number of benzene rings is 3. The fourth-order valence-electron chi connectivity index (χ4n) is 4.65. The molecule has 0 radical (unpaired) electrons. The molecule has 0 aromatic heterocycles. The molecule has 44 heavy (non-hydrogen) atoms. The third kappa shape index (κ3) is 5.05. The smallest absolute Gasteiger partial charge is 0.341 e. The van der Waals surface area contributed by atoms with Gasteiger partial charge in [0.25, 0.3) is 0 Å². The number of fused-ring (bicyclic) bond motifs is 6. The van der Waals surface area contributed by atoms with Crippen molar-refractivity contribution >= 4 is 70.3 Å². The van der Waals surface area contributed by atoms with E-state index in [0.29, 0.717) is 0 Å². The monoisotopic (exact) mass is 680 g/mol. The predicted molar refractivity (Wildman–Crippen MR) is 162 cm³/mol. The van der Waals surface area contributed by atoms with E-state index in [1.54, 1.807) is 41.5 Å². The summed E-state index contributed by atoms with van der Waals surface area (Å²) >= 11 is 26.4. The first kappa shape index (κ1) is 31.9. The summed E-state index contributed by atoms with van der Waals surface area (Å²) in [7, 11) is 0. The van der Waals surface area contributed by atoms with Gasteiger partial charge in [-0.25, -0.2) is 9.59 Å². The average Bonchev–Trinajstić information content (AvgIpc) is 3.21. The van der Waals surface area contributed by atoms with Crippen molar-refractivity contribution in [2.24, 2.45) is 10.8 Å². The van der Waals surface area contributed by atoms with Crippen LogP contribution in [0.5, 0.6) is 23.0 Å². The zero-order chi connectivity index (χ0) is 32.7. The minimum atomic E-state index is -1.99. The van der Waals surface area contributed by atoms with Crippen LogP contribution in [-0.2, 0) is 19.9 Å². The maximum absolute atomic E-state index is 13.5. The molecule has 13 heteroatoms. The molecule has 5 rings (SSSR count). The molecule has 0 amide bonds. The topological polar surface area (TPSA) is 125 Å². The van der Waals surface area contributed by atoms with Gasteiger partial charge in [-0.3, -0.25) is 9.59 Å². The Morgan fingerprint density at radius 2 is 1.20 bits per heavy atom. The van der Waals surface area contributed by atoms with E-state index in [0.717, 1.165) is 6.07 Å². The summed E-state index contributed by atoms with van der Waals surface area (Å²) in [6.07, 6.45) is 0. The first-order valence-electron chi connectivity index (χ1n) is 13.1. The Morgan fingerprint density at radius 3 is 1.61 bits per heavy atom. The zero-order valence-electron chi connectivity index (χ0n) is 24.1. The van der Waals surface area contributed by atoms with Crippen LogP contribution in [0.3, 0.4) is 0 Å². The number of carboxylic acid groups (broad SMARTS) is 1. The fourth-order valence-corrected chi connectivity index (χ4v) is 5.69. The van der Waals surface area contributed by atoms with Gasteiger partial charge in [-0.1, -0.05) is 46.4 Å². The van der Waals surface area contributed by atoms with Gasteiger partial charge in [0.15, 0.2) is 17.1 Å². The van der Waals surface area contributed by atoms with Gasteiger partial charge in [-0.05, 0) is 59.7 Å². The number of hydrogen-bond acceptors (Lipinski definition) is 8. The molecule has 0 saturated heterocycles. The van der Waals surface area contributed by atoms with Gasteiger partial charge in [0.2, 0.25) is 0 Å². The number of carbonyl (C=O) groups is 4.